The molecule has 0 saturated carbocycles. The second kappa shape index (κ2) is 6.76. The third-order valence-electron chi connectivity index (χ3n) is 3.84. The van der Waals surface area contributed by atoms with Gasteiger partial charge in [0.15, 0.2) is 0 Å². The summed E-state index contributed by atoms with van der Waals surface area (Å²) in [5.74, 6) is 1.04. The average Bonchev–Trinajstić information content (AvgIpc) is 2.98. The van der Waals surface area contributed by atoms with Gasteiger partial charge < -0.3 is 15.2 Å². The van der Waals surface area contributed by atoms with Gasteiger partial charge in [-0.3, -0.25) is 0 Å². The lowest BCUT2D eigenvalue weighted by Gasteiger charge is -2.13. The lowest BCUT2D eigenvalue weighted by Crippen LogP contribution is -2.20. The number of hydrogen-bond donors (Lipinski definition) is 2. The average molecular weight is 336 g/mol. The van der Waals surface area contributed by atoms with E-state index in [-0.39, 0.29) is 6.03 Å². The molecule has 0 atom stereocenters. The lowest BCUT2D eigenvalue weighted by atomic mass is 10.1. The summed E-state index contributed by atoms with van der Waals surface area (Å²) >= 11 is 0. The number of anilines is 2. The summed E-state index contributed by atoms with van der Waals surface area (Å²) in [7, 11) is 0. The molecular weight excluding hydrogens is 316 g/mol. The van der Waals surface area contributed by atoms with Gasteiger partial charge in [0.2, 0.25) is 11.7 Å². The molecule has 1 heterocycles. The molecule has 0 bridgehead atoms. The summed E-state index contributed by atoms with van der Waals surface area (Å²) < 4.78 is 4.97. The van der Waals surface area contributed by atoms with Crippen LogP contribution in [0.15, 0.2) is 40.9 Å². The van der Waals surface area contributed by atoms with Gasteiger partial charge in [-0.2, -0.15) is 4.98 Å². The maximum Gasteiger partial charge on any atom is 0.323 e. The molecule has 3 rings (SSSR count). The van der Waals surface area contributed by atoms with Crippen molar-refractivity contribution in [2.24, 2.45) is 0 Å². The number of hydrogen-bond acceptors (Lipinski definition) is 4. The van der Waals surface area contributed by atoms with Crippen molar-refractivity contribution in [1.29, 1.82) is 0 Å². The van der Waals surface area contributed by atoms with Crippen molar-refractivity contribution in [2.45, 2.75) is 27.7 Å². The number of carbonyl (C=O) groups excluding carboxylic acids is 1. The molecule has 6 heteroatoms. The number of urea groups is 1. The number of rotatable bonds is 3. The lowest BCUT2D eigenvalue weighted by molar-refractivity contribution is 0.262. The van der Waals surface area contributed by atoms with Crippen molar-refractivity contribution < 1.29 is 9.32 Å². The van der Waals surface area contributed by atoms with Crippen LogP contribution in [0.25, 0.3) is 11.4 Å². The van der Waals surface area contributed by atoms with Gasteiger partial charge in [-0.25, -0.2) is 4.79 Å². The van der Waals surface area contributed by atoms with Gasteiger partial charge in [0.25, 0.3) is 0 Å². The number of nitrogens with zero attached hydrogens (tertiary/aromatic N) is 2. The first-order valence-corrected chi connectivity index (χ1v) is 7.99. The van der Waals surface area contributed by atoms with E-state index < -0.39 is 0 Å². The fourth-order valence-corrected chi connectivity index (χ4v) is 2.77. The van der Waals surface area contributed by atoms with E-state index in [1.54, 1.807) is 19.1 Å². The molecule has 0 spiro atoms. The minimum Gasteiger partial charge on any atom is -0.339 e. The smallest absolute Gasteiger partial charge is 0.323 e. The highest BCUT2D eigenvalue weighted by Crippen LogP contribution is 2.23. The molecule has 25 heavy (non-hydrogen) atoms. The second-order valence-corrected chi connectivity index (χ2v) is 6.07. The van der Waals surface area contributed by atoms with E-state index in [0.29, 0.717) is 17.4 Å². The van der Waals surface area contributed by atoms with Crippen LogP contribution in [0.2, 0.25) is 0 Å². The van der Waals surface area contributed by atoms with Crippen LogP contribution < -0.4 is 10.6 Å². The van der Waals surface area contributed by atoms with Gasteiger partial charge in [0.05, 0.1) is 0 Å². The monoisotopic (exact) mass is 336 g/mol. The number of aryl methyl sites for hydroxylation is 4. The third kappa shape index (κ3) is 3.85. The van der Waals surface area contributed by atoms with E-state index in [4.69, 9.17) is 4.52 Å². The standard InChI is InChI=1S/C19H20N4O2/c1-11-9-12(2)17(13(3)10-11)22-19(24)21-16-7-5-15(6-8-16)18-20-14(4)25-23-18/h5-10H,1-4H3,(H2,21,22,24). The van der Waals surface area contributed by atoms with Gasteiger partial charge in [0.1, 0.15) is 0 Å². The van der Waals surface area contributed by atoms with E-state index in [1.807, 2.05) is 45.0 Å². The molecule has 2 aromatic carbocycles. The van der Waals surface area contributed by atoms with Gasteiger partial charge in [-0.1, -0.05) is 22.9 Å². The molecule has 3 aromatic rings. The normalized spacial score (nSPS) is 10.6. The molecule has 6 nitrogen and oxygen atoms in total. The summed E-state index contributed by atoms with van der Waals surface area (Å²) in [4.78, 5) is 16.4. The van der Waals surface area contributed by atoms with Crippen molar-refractivity contribution in [2.75, 3.05) is 10.6 Å². The third-order valence-corrected chi connectivity index (χ3v) is 3.84. The molecule has 0 saturated heterocycles. The zero-order chi connectivity index (χ0) is 18.0. The zero-order valence-electron chi connectivity index (χ0n) is 14.7. The van der Waals surface area contributed by atoms with Gasteiger partial charge in [0, 0.05) is 23.9 Å². The Kier molecular flexibility index (Phi) is 4.52. The van der Waals surface area contributed by atoms with Crippen LogP contribution in [-0.2, 0) is 0 Å². The van der Waals surface area contributed by atoms with E-state index in [0.717, 1.165) is 22.4 Å². The highest BCUT2D eigenvalue weighted by molar-refractivity contribution is 6.00. The fourth-order valence-electron chi connectivity index (χ4n) is 2.77. The summed E-state index contributed by atoms with van der Waals surface area (Å²) in [6.45, 7) is 7.75. The van der Waals surface area contributed by atoms with Crippen molar-refractivity contribution in [3.8, 4) is 11.4 Å². The van der Waals surface area contributed by atoms with Crippen molar-refractivity contribution in [1.82, 2.24) is 10.1 Å². The van der Waals surface area contributed by atoms with Gasteiger partial charge in [-0.15, -0.1) is 0 Å². The van der Waals surface area contributed by atoms with Crippen LogP contribution in [0.4, 0.5) is 16.2 Å². The van der Waals surface area contributed by atoms with Crippen molar-refractivity contribution >= 4 is 17.4 Å². The van der Waals surface area contributed by atoms with Crippen LogP contribution >= 0.6 is 0 Å². The van der Waals surface area contributed by atoms with Crippen LogP contribution in [0.1, 0.15) is 22.6 Å². The maximum atomic E-state index is 12.3. The minimum absolute atomic E-state index is 0.279. The molecule has 0 radical (unpaired) electrons. The Hall–Kier alpha value is -3.15. The number of nitrogens with one attached hydrogen (secondary N) is 2. The molecule has 0 aliphatic rings. The number of aromatic nitrogens is 2. The quantitative estimate of drug-likeness (QED) is 0.731. The molecule has 0 unspecified atom stereocenters. The van der Waals surface area contributed by atoms with E-state index in [2.05, 4.69) is 20.8 Å². The fraction of sp³-hybridized carbons (Fsp3) is 0.211. The van der Waals surface area contributed by atoms with Crippen molar-refractivity contribution in [3.63, 3.8) is 0 Å². The molecule has 0 aliphatic carbocycles. The Morgan fingerprint density at radius 3 is 2.16 bits per heavy atom. The molecular formula is C19H20N4O2. The Bertz CT molecular complexity index is 890. The molecule has 0 fully saturated rings. The zero-order valence-corrected chi connectivity index (χ0v) is 14.7. The number of amides is 2. The Labute approximate surface area is 146 Å². The van der Waals surface area contributed by atoms with Gasteiger partial charge >= 0.3 is 6.03 Å². The first kappa shape index (κ1) is 16.7. The largest absolute Gasteiger partial charge is 0.339 e. The van der Waals surface area contributed by atoms with Crippen LogP contribution in [0.5, 0.6) is 0 Å². The summed E-state index contributed by atoms with van der Waals surface area (Å²) in [5, 5.41) is 9.62. The SMILES string of the molecule is Cc1cc(C)c(NC(=O)Nc2ccc(-c3noc(C)n3)cc2)c(C)c1. The first-order valence-electron chi connectivity index (χ1n) is 7.99. The van der Waals surface area contributed by atoms with E-state index >= 15 is 0 Å². The number of carbonyl (C=O) groups is 1. The highest BCUT2D eigenvalue weighted by Gasteiger charge is 2.09. The van der Waals surface area contributed by atoms with Crippen molar-refractivity contribution in [3.05, 3.63) is 59.0 Å². The van der Waals surface area contributed by atoms with Crippen LogP contribution in [0, 0.1) is 27.7 Å². The van der Waals surface area contributed by atoms with Crippen LogP contribution in [-0.4, -0.2) is 16.2 Å². The van der Waals surface area contributed by atoms with E-state index in [1.165, 1.54) is 5.56 Å². The summed E-state index contributed by atoms with van der Waals surface area (Å²) in [6.07, 6.45) is 0. The minimum atomic E-state index is -0.279. The summed E-state index contributed by atoms with van der Waals surface area (Å²) in [6, 6.07) is 11.1. The molecule has 0 aliphatic heterocycles. The topological polar surface area (TPSA) is 80.0 Å². The molecule has 128 valence electrons. The van der Waals surface area contributed by atoms with Crippen LogP contribution in [0.3, 0.4) is 0 Å². The predicted octanol–water partition coefficient (Wildman–Crippen LogP) is 4.61. The Morgan fingerprint density at radius 1 is 0.960 bits per heavy atom. The first-order chi connectivity index (χ1) is 11.9. The second-order valence-electron chi connectivity index (χ2n) is 6.07. The Morgan fingerprint density at radius 2 is 1.60 bits per heavy atom. The molecule has 2 N–H and O–H groups in total. The van der Waals surface area contributed by atoms with E-state index in [9.17, 15) is 4.79 Å². The Balaban J connectivity index is 1.69. The summed E-state index contributed by atoms with van der Waals surface area (Å²) in [5.41, 5.74) is 5.60. The maximum absolute atomic E-state index is 12.3. The highest BCUT2D eigenvalue weighted by atomic mass is 16.5. The molecule has 2 amide bonds. The molecule has 1 aromatic heterocycles. The van der Waals surface area contributed by atoms with Gasteiger partial charge in [-0.05, 0) is 56.2 Å². The predicted molar refractivity (Wildman–Crippen MR) is 97.8 cm³/mol. The number of benzene rings is 2.